The first-order valence-electron chi connectivity index (χ1n) is 36.4. The number of phosphoric acid groups is 1. The lowest BCUT2D eigenvalue weighted by Crippen LogP contribution is -2.47. The van der Waals surface area contributed by atoms with E-state index in [1.54, 1.807) is 0 Å². The van der Waals surface area contributed by atoms with Crippen LogP contribution in [0, 0.1) is 0 Å². The third-order valence-electron chi connectivity index (χ3n) is 15.6. The van der Waals surface area contributed by atoms with E-state index in [-0.39, 0.29) is 31.5 Å². The van der Waals surface area contributed by atoms with Crippen LogP contribution in [0.2, 0.25) is 0 Å². The van der Waals surface area contributed by atoms with Crippen LogP contribution in [0.3, 0.4) is 0 Å². The molecule has 506 valence electrons. The minimum absolute atomic E-state index is 0.0312. The molecule has 1 amide bonds. The number of carbonyl (C=O) groups excluding carboxylic acids is 2. The number of hydrogen-bond acceptors (Lipinski definition) is 6. The third kappa shape index (κ3) is 66.8. The van der Waals surface area contributed by atoms with Gasteiger partial charge < -0.3 is 19.4 Å². The Bertz CT molecular complexity index is 1920. The first kappa shape index (κ1) is 84.4. The summed E-state index contributed by atoms with van der Waals surface area (Å²) in [5, 5.41) is 3.06. The molecule has 3 atom stereocenters. The number of nitrogens with zero attached hydrogens (tertiary/aromatic N) is 1. The second-order valence-electron chi connectivity index (χ2n) is 25.4. The van der Waals surface area contributed by atoms with Crippen molar-refractivity contribution in [2.45, 2.75) is 322 Å². The zero-order valence-corrected chi connectivity index (χ0v) is 58.8. The Labute approximate surface area is 543 Å². The van der Waals surface area contributed by atoms with Gasteiger partial charge in [0.05, 0.1) is 33.8 Å². The molecule has 10 heteroatoms. The number of hydrogen-bond donors (Lipinski definition) is 2. The van der Waals surface area contributed by atoms with Gasteiger partial charge >= 0.3 is 13.8 Å². The lowest BCUT2D eigenvalue weighted by molar-refractivity contribution is -0.870. The van der Waals surface area contributed by atoms with E-state index in [4.69, 9.17) is 13.8 Å². The standard InChI is InChI=1S/C78H137N2O7P/c1-7-10-13-16-19-22-25-28-30-32-34-36-38-40-42-44-46-48-50-52-55-58-61-64-67-70-77(81)79-75(74-86-88(83,84)85-73-72-80(4,5)6)76(69-66-63-60-57-54-27-24-21-18-15-12-9-3)87-78(82)71-68-65-62-59-56-53-51-49-47-45-43-41-39-37-35-33-31-29-26-23-20-17-14-11-8-2/h10,13,19-20,22-23,28-31,34-37,40,42,46,48,66,69,75-76H,7-9,11-12,14-18,21,24-27,32-33,38-39,41,43-45,47,49-65,67-68,70-74H2,1-6H3,(H-,79,81,83,84)/p+1/b13-10-,22-19-,23-20-,30-28-,31-29-,36-34-,37-35-,42-40-,48-46-,69-66+. The summed E-state index contributed by atoms with van der Waals surface area (Å²) in [6.07, 6.45) is 93.5. The number of esters is 1. The van der Waals surface area contributed by atoms with Gasteiger partial charge in [0.25, 0.3) is 0 Å². The SMILES string of the molecule is CC/C=C\C/C=C\C/C=C\C/C=C\C/C=C\C/C=C\CCCCCCCCC(=O)NC(COP(=O)(O)OCC[N+](C)(C)C)C(/C=C/CCCCCCCCCCCC)OC(=O)CCCCCCCCCCCCCC/C=C\C/C=C\C/C=C\CCCCC. The fourth-order valence-electron chi connectivity index (χ4n) is 10.1. The van der Waals surface area contributed by atoms with Crippen molar-refractivity contribution in [3.63, 3.8) is 0 Å². The smallest absolute Gasteiger partial charge is 0.456 e. The Morgan fingerprint density at radius 1 is 0.409 bits per heavy atom. The van der Waals surface area contributed by atoms with Crippen molar-refractivity contribution < 1.29 is 37.3 Å². The van der Waals surface area contributed by atoms with Gasteiger partial charge in [-0.1, -0.05) is 297 Å². The largest absolute Gasteiger partial charge is 0.472 e. The van der Waals surface area contributed by atoms with Gasteiger partial charge in [-0.2, -0.15) is 0 Å². The van der Waals surface area contributed by atoms with Gasteiger partial charge in [-0.25, -0.2) is 4.57 Å². The van der Waals surface area contributed by atoms with Crippen molar-refractivity contribution in [1.82, 2.24) is 5.32 Å². The van der Waals surface area contributed by atoms with E-state index in [1.807, 2.05) is 33.3 Å². The molecule has 0 aliphatic carbocycles. The molecule has 0 spiro atoms. The summed E-state index contributed by atoms with van der Waals surface area (Å²) in [5.41, 5.74) is 0. The van der Waals surface area contributed by atoms with Crippen molar-refractivity contribution in [3.8, 4) is 0 Å². The topological polar surface area (TPSA) is 111 Å². The number of phosphoric ester groups is 1. The summed E-state index contributed by atoms with van der Waals surface area (Å²) < 4.78 is 30.8. The van der Waals surface area contributed by atoms with Crippen LogP contribution in [0.1, 0.15) is 310 Å². The Kier molecular flexibility index (Phi) is 63.6. The normalized spacial score (nSPS) is 14.2. The van der Waals surface area contributed by atoms with E-state index in [1.165, 1.54) is 141 Å². The van der Waals surface area contributed by atoms with Crippen LogP contribution in [0.5, 0.6) is 0 Å². The molecule has 0 aliphatic heterocycles. The highest BCUT2D eigenvalue weighted by atomic mass is 31.2. The molecule has 0 aromatic carbocycles. The maximum absolute atomic E-state index is 13.6. The number of unbranched alkanes of at least 4 members (excludes halogenated alkanes) is 31. The molecule has 88 heavy (non-hydrogen) atoms. The van der Waals surface area contributed by atoms with E-state index >= 15 is 0 Å². The highest BCUT2D eigenvalue weighted by Crippen LogP contribution is 2.43. The fourth-order valence-corrected chi connectivity index (χ4v) is 10.8. The summed E-state index contributed by atoms with van der Waals surface area (Å²) in [6, 6.07) is -0.866. The van der Waals surface area contributed by atoms with Crippen molar-refractivity contribution in [1.29, 1.82) is 0 Å². The summed E-state index contributed by atoms with van der Waals surface area (Å²) in [5.74, 6) is -0.524. The zero-order valence-electron chi connectivity index (χ0n) is 57.9. The van der Waals surface area contributed by atoms with E-state index in [2.05, 4.69) is 135 Å². The first-order chi connectivity index (χ1) is 42.9. The number of likely N-dealkylation sites (N-methyl/N-ethyl adjacent to an activating group) is 1. The fraction of sp³-hybridized carbons (Fsp3) is 0.718. The molecule has 3 unspecified atom stereocenters. The maximum Gasteiger partial charge on any atom is 0.472 e. The number of rotatable bonds is 65. The average Bonchev–Trinajstić information content (AvgIpc) is 3.71. The van der Waals surface area contributed by atoms with Crippen LogP contribution in [0.25, 0.3) is 0 Å². The molecule has 0 saturated heterocycles. The molecule has 0 aromatic rings. The van der Waals surface area contributed by atoms with Crippen LogP contribution >= 0.6 is 7.82 Å². The maximum atomic E-state index is 13.6. The van der Waals surface area contributed by atoms with Crippen molar-refractivity contribution >= 4 is 19.7 Å². The third-order valence-corrected chi connectivity index (χ3v) is 16.6. The molecule has 2 N–H and O–H groups in total. The van der Waals surface area contributed by atoms with E-state index in [0.717, 1.165) is 135 Å². The second-order valence-corrected chi connectivity index (χ2v) is 26.8. The molecule has 0 aliphatic rings. The van der Waals surface area contributed by atoms with Crippen LogP contribution in [0.15, 0.2) is 122 Å². The highest BCUT2D eigenvalue weighted by molar-refractivity contribution is 7.47. The van der Waals surface area contributed by atoms with E-state index in [0.29, 0.717) is 17.4 Å². The Hall–Kier alpha value is -3.59. The summed E-state index contributed by atoms with van der Waals surface area (Å²) in [4.78, 5) is 37.9. The van der Waals surface area contributed by atoms with Crippen LogP contribution in [0.4, 0.5) is 0 Å². The minimum atomic E-state index is -4.47. The minimum Gasteiger partial charge on any atom is -0.456 e. The molecule has 9 nitrogen and oxygen atoms in total. The average molecular weight is 1250 g/mol. The molecule has 0 bridgehead atoms. The van der Waals surface area contributed by atoms with Gasteiger partial charge in [0.2, 0.25) is 5.91 Å². The Balaban J connectivity index is 5.10. The Morgan fingerprint density at radius 2 is 0.727 bits per heavy atom. The van der Waals surface area contributed by atoms with Gasteiger partial charge in [-0.3, -0.25) is 18.6 Å². The first-order valence-corrected chi connectivity index (χ1v) is 37.9. The lowest BCUT2D eigenvalue weighted by atomic mass is 10.0. The van der Waals surface area contributed by atoms with Gasteiger partial charge in [-0.05, 0) is 122 Å². The van der Waals surface area contributed by atoms with Crippen molar-refractivity contribution in [2.24, 2.45) is 0 Å². The molecule has 0 heterocycles. The molecular weight excluding hydrogens is 1110 g/mol. The van der Waals surface area contributed by atoms with Gasteiger partial charge in [-0.15, -0.1) is 0 Å². The van der Waals surface area contributed by atoms with Crippen LogP contribution in [-0.2, 0) is 27.9 Å². The highest BCUT2D eigenvalue weighted by Gasteiger charge is 2.30. The number of carbonyl (C=O) groups is 2. The summed E-state index contributed by atoms with van der Waals surface area (Å²) >= 11 is 0. The number of ether oxygens (including phenoxy) is 1. The van der Waals surface area contributed by atoms with Crippen molar-refractivity contribution in [2.75, 3.05) is 40.9 Å². The zero-order chi connectivity index (χ0) is 64.2. The summed E-state index contributed by atoms with van der Waals surface area (Å²) in [6.45, 7) is 6.87. The number of allylic oxidation sites excluding steroid dienone is 19. The molecule has 0 radical (unpaired) electrons. The Morgan fingerprint density at radius 3 is 1.11 bits per heavy atom. The molecular formula is C78H138N2O7P+. The number of nitrogens with one attached hydrogen (secondary N) is 1. The second kappa shape index (κ2) is 66.3. The van der Waals surface area contributed by atoms with Gasteiger partial charge in [0, 0.05) is 12.8 Å². The van der Waals surface area contributed by atoms with E-state index < -0.39 is 20.0 Å². The number of amides is 1. The molecule has 0 saturated carbocycles. The van der Waals surface area contributed by atoms with Crippen LogP contribution < -0.4 is 5.32 Å². The predicted octanol–water partition coefficient (Wildman–Crippen LogP) is 23.4. The number of quaternary nitrogens is 1. The van der Waals surface area contributed by atoms with E-state index in [9.17, 15) is 19.0 Å². The monoisotopic (exact) mass is 1250 g/mol. The molecule has 0 fully saturated rings. The lowest BCUT2D eigenvalue weighted by Gasteiger charge is -2.27. The van der Waals surface area contributed by atoms with Crippen molar-refractivity contribution in [3.05, 3.63) is 122 Å². The molecule has 0 aromatic heterocycles. The van der Waals surface area contributed by atoms with Gasteiger partial charge in [0.15, 0.2) is 0 Å². The van der Waals surface area contributed by atoms with Gasteiger partial charge in [0.1, 0.15) is 19.3 Å². The molecule has 0 rings (SSSR count). The quantitative estimate of drug-likeness (QED) is 0.0205. The summed E-state index contributed by atoms with van der Waals surface area (Å²) in [7, 11) is 1.47. The predicted molar refractivity (Wildman–Crippen MR) is 383 cm³/mol. The van der Waals surface area contributed by atoms with Crippen LogP contribution in [-0.4, -0.2) is 74.3 Å².